The first-order valence-electron chi connectivity index (χ1n) is 10.9. The number of nitrogens with one attached hydrogen (secondary N) is 1. The van der Waals surface area contributed by atoms with Crippen molar-refractivity contribution in [3.8, 4) is 0 Å². The summed E-state index contributed by atoms with van der Waals surface area (Å²) in [6.45, 7) is 6.64. The maximum absolute atomic E-state index is 13.6. The van der Waals surface area contributed by atoms with Crippen LogP contribution in [0.2, 0.25) is 5.02 Å². The number of anilines is 2. The lowest BCUT2D eigenvalue weighted by Gasteiger charge is -2.33. The predicted octanol–water partition coefficient (Wildman–Crippen LogP) is 6.41. The second-order valence-corrected chi connectivity index (χ2v) is 9.92. The fraction of sp³-hybridized carbons (Fsp3) is 0.308. The highest BCUT2D eigenvalue weighted by Gasteiger charge is 2.26. The van der Waals surface area contributed by atoms with E-state index in [0.717, 1.165) is 11.3 Å². The average Bonchev–Trinajstić information content (AvgIpc) is 3.32. The van der Waals surface area contributed by atoms with E-state index in [4.69, 9.17) is 11.6 Å². The summed E-state index contributed by atoms with van der Waals surface area (Å²) in [7, 11) is 3.93. The molecule has 1 N–H and O–H groups in total. The van der Waals surface area contributed by atoms with Crippen molar-refractivity contribution in [2.45, 2.75) is 33.4 Å². The molecule has 1 unspecified atom stereocenters. The van der Waals surface area contributed by atoms with Gasteiger partial charge < -0.3 is 15.1 Å². The highest BCUT2D eigenvalue weighted by atomic mass is 35.5. The molecule has 3 aromatic rings. The molecule has 0 aliphatic carbocycles. The van der Waals surface area contributed by atoms with Crippen LogP contribution in [0.15, 0.2) is 60.0 Å². The molecule has 0 fully saturated rings. The van der Waals surface area contributed by atoms with Gasteiger partial charge in [-0.2, -0.15) is 0 Å². The van der Waals surface area contributed by atoms with E-state index in [1.165, 1.54) is 11.3 Å². The van der Waals surface area contributed by atoms with E-state index in [1.807, 2.05) is 65.7 Å². The van der Waals surface area contributed by atoms with Gasteiger partial charge in [0.2, 0.25) is 0 Å². The minimum Gasteiger partial charge on any atom is -0.377 e. The number of carbonyl (C=O) groups excluding carboxylic acids is 2. The summed E-state index contributed by atoms with van der Waals surface area (Å²) >= 11 is 7.76. The van der Waals surface area contributed by atoms with Gasteiger partial charge in [-0.3, -0.25) is 9.59 Å². The molecule has 0 bridgehead atoms. The zero-order valence-electron chi connectivity index (χ0n) is 19.6. The molecule has 0 aliphatic heterocycles. The van der Waals surface area contributed by atoms with Crippen LogP contribution in [0.3, 0.4) is 0 Å². The van der Waals surface area contributed by atoms with Crippen molar-refractivity contribution in [3.63, 3.8) is 0 Å². The van der Waals surface area contributed by atoms with Crippen LogP contribution in [0.4, 0.5) is 11.4 Å². The molecule has 1 atom stereocenters. The van der Waals surface area contributed by atoms with Crippen molar-refractivity contribution in [2.75, 3.05) is 24.3 Å². The number of amides is 2. The molecule has 0 radical (unpaired) electrons. The Hall–Kier alpha value is -2.83. The molecule has 7 heteroatoms. The fourth-order valence-corrected chi connectivity index (χ4v) is 4.40. The molecule has 0 saturated heterocycles. The molecule has 2 amide bonds. The number of hydrogen-bond donors (Lipinski definition) is 1. The molecule has 1 aromatic heterocycles. The molecule has 0 aliphatic rings. The van der Waals surface area contributed by atoms with Gasteiger partial charge in [0.05, 0.1) is 15.5 Å². The standard InChI is InChI=1S/C26H30ClN3O2S/c1-17(2)18(3)30(26(32)21-9-6-7-10-22(21)27)16-19-15-20(12-13-23(19)29(4)5)28-25(31)24-11-8-14-33-24/h6-15,17-18H,16H2,1-5H3,(H,28,31). The summed E-state index contributed by atoms with van der Waals surface area (Å²) in [5, 5.41) is 5.29. The van der Waals surface area contributed by atoms with Gasteiger partial charge in [0.1, 0.15) is 0 Å². The van der Waals surface area contributed by atoms with Crippen LogP contribution in [0.5, 0.6) is 0 Å². The summed E-state index contributed by atoms with van der Waals surface area (Å²) in [6, 6.07) is 16.6. The number of nitrogens with zero attached hydrogens (tertiary/aromatic N) is 2. The first-order valence-corrected chi connectivity index (χ1v) is 12.2. The lowest BCUT2D eigenvalue weighted by Crippen LogP contribution is -2.41. The third kappa shape index (κ3) is 5.95. The highest BCUT2D eigenvalue weighted by Crippen LogP contribution is 2.28. The number of benzene rings is 2. The SMILES string of the molecule is CC(C)C(C)N(Cc1cc(NC(=O)c2cccs2)ccc1N(C)C)C(=O)c1ccccc1Cl. The monoisotopic (exact) mass is 483 g/mol. The van der Waals surface area contributed by atoms with Crippen molar-refractivity contribution < 1.29 is 9.59 Å². The van der Waals surface area contributed by atoms with Gasteiger partial charge in [-0.25, -0.2) is 0 Å². The van der Waals surface area contributed by atoms with Crippen LogP contribution < -0.4 is 10.2 Å². The van der Waals surface area contributed by atoms with Crippen molar-refractivity contribution in [1.29, 1.82) is 0 Å². The zero-order chi connectivity index (χ0) is 24.1. The predicted molar refractivity (Wildman–Crippen MR) is 139 cm³/mol. The van der Waals surface area contributed by atoms with Crippen LogP contribution in [-0.4, -0.2) is 36.9 Å². The van der Waals surface area contributed by atoms with Gasteiger partial charge in [0, 0.05) is 38.1 Å². The molecule has 5 nitrogen and oxygen atoms in total. The van der Waals surface area contributed by atoms with Crippen LogP contribution in [0, 0.1) is 5.92 Å². The summed E-state index contributed by atoms with van der Waals surface area (Å²) in [5.74, 6) is -0.00594. The van der Waals surface area contributed by atoms with Crippen LogP contribution in [0.1, 0.15) is 46.4 Å². The van der Waals surface area contributed by atoms with E-state index in [-0.39, 0.29) is 23.8 Å². The Labute approximate surface area is 205 Å². The summed E-state index contributed by atoms with van der Waals surface area (Å²) in [4.78, 5) is 30.7. The molecule has 174 valence electrons. The Balaban J connectivity index is 1.97. The number of carbonyl (C=O) groups is 2. The van der Waals surface area contributed by atoms with Gasteiger partial charge >= 0.3 is 0 Å². The largest absolute Gasteiger partial charge is 0.377 e. The normalized spacial score (nSPS) is 11.8. The highest BCUT2D eigenvalue weighted by molar-refractivity contribution is 7.12. The van der Waals surface area contributed by atoms with Gasteiger partial charge in [-0.05, 0) is 60.2 Å². The van der Waals surface area contributed by atoms with Crippen LogP contribution in [-0.2, 0) is 6.54 Å². The molecule has 3 rings (SSSR count). The first kappa shape index (κ1) is 24.8. The van der Waals surface area contributed by atoms with Crippen molar-refractivity contribution in [2.24, 2.45) is 5.92 Å². The molecular formula is C26H30ClN3O2S. The van der Waals surface area contributed by atoms with Crippen LogP contribution >= 0.6 is 22.9 Å². The Morgan fingerprint density at radius 2 is 1.76 bits per heavy atom. The molecule has 1 heterocycles. The Morgan fingerprint density at radius 3 is 2.36 bits per heavy atom. The maximum Gasteiger partial charge on any atom is 0.265 e. The molecule has 33 heavy (non-hydrogen) atoms. The minimum absolute atomic E-state index is 0.0202. The van der Waals surface area contributed by atoms with Crippen molar-refractivity contribution in [1.82, 2.24) is 4.90 Å². The second-order valence-electron chi connectivity index (χ2n) is 8.57. The van der Waals surface area contributed by atoms with E-state index >= 15 is 0 Å². The lowest BCUT2D eigenvalue weighted by molar-refractivity contribution is 0.0628. The number of hydrogen-bond acceptors (Lipinski definition) is 4. The second kappa shape index (κ2) is 10.9. The van der Waals surface area contributed by atoms with E-state index < -0.39 is 0 Å². The molecule has 0 saturated carbocycles. The fourth-order valence-electron chi connectivity index (χ4n) is 3.56. The molecular weight excluding hydrogens is 454 g/mol. The maximum atomic E-state index is 13.6. The summed E-state index contributed by atoms with van der Waals surface area (Å²) < 4.78 is 0. The zero-order valence-corrected chi connectivity index (χ0v) is 21.2. The molecule has 0 spiro atoms. The molecule has 2 aromatic carbocycles. The van der Waals surface area contributed by atoms with Gasteiger partial charge in [-0.15, -0.1) is 11.3 Å². The van der Waals surface area contributed by atoms with Crippen molar-refractivity contribution >= 4 is 46.1 Å². The summed E-state index contributed by atoms with van der Waals surface area (Å²) in [6.07, 6.45) is 0. The Morgan fingerprint density at radius 1 is 1.03 bits per heavy atom. The minimum atomic E-state index is -0.145. The van der Waals surface area contributed by atoms with Gasteiger partial charge in [0.25, 0.3) is 11.8 Å². The van der Waals surface area contributed by atoms with E-state index in [1.54, 1.807) is 18.2 Å². The topological polar surface area (TPSA) is 52.7 Å². The Kier molecular flexibility index (Phi) is 8.16. The van der Waals surface area contributed by atoms with E-state index in [2.05, 4.69) is 26.1 Å². The smallest absolute Gasteiger partial charge is 0.265 e. The Bertz CT molecular complexity index is 1110. The lowest BCUT2D eigenvalue weighted by atomic mass is 10.0. The van der Waals surface area contributed by atoms with E-state index in [9.17, 15) is 9.59 Å². The van der Waals surface area contributed by atoms with Crippen molar-refractivity contribution in [3.05, 3.63) is 81.0 Å². The van der Waals surface area contributed by atoms with Gasteiger partial charge in [0.15, 0.2) is 0 Å². The average molecular weight is 484 g/mol. The van der Waals surface area contributed by atoms with Crippen LogP contribution in [0.25, 0.3) is 0 Å². The quantitative estimate of drug-likeness (QED) is 0.403. The third-order valence-corrected chi connectivity index (χ3v) is 6.92. The number of halogens is 1. The number of rotatable bonds is 8. The third-order valence-electron chi connectivity index (χ3n) is 5.73. The van der Waals surface area contributed by atoms with Gasteiger partial charge in [-0.1, -0.05) is 43.6 Å². The summed E-state index contributed by atoms with van der Waals surface area (Å²) in [5.41, 5.74) is 3.10. The number of thiophene rings is 1. The van der Waals surface area contributed by atoms with E-state index in [0.29, 0.717) is 27.7 Å². The first-order chi connectivity index (χ1) is 15.7.